The quantitative estimate of drug-likeness (QED) is 0.731. The van der Waals surface area contributed by atoms with E-state index in [1.807, 2.05) is 26.8 Å². The second-order valence-corrected chi connectivity index (χ2v) is 6.03. The Kier molecular flexibility index (Phi) is 6.33. The van der Waals surface area contributed by atoms with Crippen LogP contribution >= 0.6 is 0 Å². The number of benzene rings is 1. The van der Waals surface area contributed by atoms with Gasteiger partial charge in [-0.15, -0.1) is 0 Å². The van der Waals surface area contributed by atoms with E-state index < -0.39 is 5.91 Å². The smallest absolute Gasteiger partial charge is 0.255 e. The Balaban J connectivity index is 2.27. The zero-order valence-corrected chi connectivity index (χ0v) is 16.0. The van der Waals surface area contributed by atoms with Gasteiger partial charge in [0.2, 0.25) is 5.75 Å². The average Bonchev–Trinajstić information content (AvgIpc) is 2.97. The normalized spacial score (nSPS) is 11.6. The number of aryl methyl sites for hydroxylation is 2. The molecule has 0 aliphatic carbocycles. The molecule has 146 valence electrons. The fourth-order valence-corrected chi connectivity index (χ4v) is 2.73. The monoisotopic (exact) mass is 376 g/mol. The number of primary amides is 1. The van der Waals surface area contributed by atoms with Gasteiger partial charge in [-0.25, -0.2) is 0 Å². The molecule has 0 bridgehead atoms. The number of nitrogens with two attached hydrogens (primary N) is 1. The van der Waals surface area contributed by atoms with E-state index in [0.29, 0.717) is 5.56 Å². The molecule has 8 heteroatoms. The van der Waals surface area contributed by atoms with Gasteiger partial charge in [0.1, 0.15) is 11.5 Å². The summed E-state index contributed by atoms with van der Waals surface area (Å²) in [6.07, 6.45) is 0. The number of amides is 2. The van der Waals surface area contributed by atoms with Gasteiger partial charge in [-0.05, 0) is 39.0 Å². The second kappa shape index (κ2) is 8.48. The van der Waals surface area contributed by atoms with Crippen molar-refractivity contribution in [3.05, 3.63) is 40.8 Å². The summed E-state index contributed by atoms with van der Waals surface area (Å²) in [5.41, 5.74) is 6.33. The highest BCUT2D eigenvalue weighted by Crippen LogP contribution is 2.38. The summed E-state index contributed by atoms with van der Waals surface area (Å²) in [7, 11) is 2.85. The van der Waals surface area contributed by atoms with Crippen LogP contribution in [0, 0.1) is 13.8 Å². The van der Waals surface area contributed by atoms with E-state index in [0.717, 1.165) is 17.1 Å². The summed E-state index contributed by atoms with van der Waals surface area (Å²) in [4.78, 5) is 23.7. The first-order chi connectivity index (χ1) is 12.8. The topological polar surface area (TPSA) is 113 Å². The van der Waals surface area contributed by atoms with E-state index in [2.05, 4.69) is 5.32 Å². The molecule has 1 atom stereocenters. The minimum absolute atomic E-state index is 0.199. The summed E-state index contributed by atoms with van der Waals surface area (Å²) in [5.74, 6) is 1.28. The highest BCUT2D eigenvalue weighted by atomic mass is 16.5. The second-order valence-electron chi connectivity index (χ2n) is 6.03. The van der Waals surface area contributed by atoms with Crippen molar-refractivity contribution in [3.63, 3.8) is 0 Å². The fraction of sp³-hybridized carbons (Fsp3) is 0.368. The minimum Gasteiger partial charge on any atom is -0.493 e. The van der Waals surface area contributed by atoms with Crippen molar-refractivity contribution in [1.29, 1.82) is 0 Å². The van der Waals surface area contributed by atoms with Crippen LogP contribution in [0.1, 0.15) is 40.4 Å². The lowest BCUT2D eigenvalue weighted by atomic mass is 10.1. The summed E-state index contributed by atoms with van der Waals surface area (Å²) in [5, 5.41) is 2.91. The molecule has 3 N–H and O–H groups in total. The number of nitrogens with one attached hydrogen (secondary N) is 1. The van der Waals surface area contributed by atoms with Crippen molar-refractivity contribution in [3.8, 4) is 17.2 Å². The Hall–Kier alpha value is -3.16. The first-order valence-corrected chi connectivity index (χ1v) is 8.31. The molecule has 1 heterocycles. The van der Waals surface area contributed by atoms with E-state index >= 15 is 0 Å². The number of rotatable bonds is 8. The van der Waals surface area contributed by atoms with Gasteiger partial charge in [0.05, 0.1) is 20.3 Å². The zero-order chi connectivity index (χ0) is 20.1. The third-order valence-corrected chi connectivity index (χ3v) is 3.98. The molecule has 1 aromatic carbocycles. The molecule has 0 fully saturated rings. The van der Waals surface area contributed by atoms with Crippen LogP contribution in [0.4, 0.5) is 0 Å². The first-order valence-electron chi connectivity index (χ1n) is 8.31. The van der Waals surface area contributed by atoms with Gasteiger partial charge in [-0.3, -0.25) is 9.59 Å². The van der Waals surface area contributed by atoms with Crippen molar-refractivity contribution in [1.82, 2.24) is 5.32 Å². The van der Waals surface area contributed by atoms with Crippen LogP contribution in [0.25, 0.3) is 0 Å². The Morgan fingerprint density at radius 1 is 1.15 bits per heavy atom. The molecule has 0 unspecified atom stereocenters. The van der Waals surface area contributed by atoms with Gasteiger partial charge in [-0.1, -0.05) is 0 Å². The van der Waals surface area contributed by atoms with Gasteiger partial charge in [0.15, 0.2) is 18.1 Å². The fourth-order valence-electron chi connectivity index (χ4n) is 2.73. The first kappa shape index (κ1) is 20.2. The third kappa shape index (κ3) is 4.72. The van der Waals surface area contributed by atoms with E-state index in [1.165, 1.54) is 26.4 Å². The Morgan fingerprint density at radius 3 is 2.19 bits per heavy atom. The lowest BCUT2D eigenvalue weighted by Gasteiger charge is -2.17. The number of ether oxygens (including phenoxy) is 3. The maximum absolute atomic E-state index is 12.7. The molecular formula is C19H24N2O6. The maximum Gasteiger partial charge on any atom is 0.255 e. The highest BCUT2D eigenvalue weighted by molar-refractivity contribution is 5.96. The van der Waals surface area contributed by atoms with E-state index in [1.54, 1.807) is 0 Å². The van der Waals surface area contributed by atoms with Crippen LogP contribution in [0.15, 0.2) is 22.6 Å². The molecule has 2 rings (SSSR count). The SMILES string of the molecule is COc1cc(C(=O)N[C@@H](C)c2cc(C)oc2C)cc(OC)c1OCC(N)=O. The van der Waals surface area contributed by atoms with E-state index in [9.17, 15) is 9.59 Å². The van der Waals surface area contributed by atoms with Crippen LogP contribution < -0.4 is 25.3 Å². The average molecular weight is 376 g/mol. The summed E-state index contributed by atoms with van der Waals surface area (Å²) < 4.78 is 21.4. The number of hydrogen-bond donors (Lipinski definition) is 2. The minimum atomic E-state index is -0.638. The molecule has 8 nitrogen and oxygen atoms in total. The zero-order valence-electron chi connectivity index (χ0n) is 16.0. The molecule has 0 saturated heterocycles. The van der Waals surface area contributed by atoms with Crippen LogP contribution in [0.2, 0.25) is 0 Å². The summed E-state index contributed by atoms with van der Waals surface area (Å²) in [6, 6.07) is 4.66. The largest absolute Gasteiger partial charge is 0.493 e. The van der Waals surface area contributed by atoms with Crippen molar-refractivity contribution in [2.75, 3.05) is 20.8 Å². The van der Waals surface area contributed by atoms with Crippen LogP contribution in [-0.2, 0) is 4.79 Å². The molecule has 0 aliphatic rings. The molecule has 0 saturated carbocycles. The molecule has 2 aromatic rings. The van der Waals surface area contributed by atoms with Crippen molar-refractivity contribution in [2.24, 2.45) is 5.73 Å². The summed E-state index contributed by atoms with van der Waals surface area (Å²) in [6.45, 7) is 5.23. The van der Waals surface area contributed by atoms with Crippen molar-refractivity contribution < 1.29 is 28.2 Å². The Morgan fingerprint density at radius 2 is 1.74 bits per heavy atom. The number of methoxy groups -OCH3 is 2. The van der Waals surface area contributed by atoms with Crippen molar-refractivity contribution >= 4 is 11.8 Å². The van der Waals surface area contributed by atoms with E-state index in [4.69, 9.17) is 24.4 Å². The molecule has 0 radical (unpaired) electrons. The Labute approximate surface area is 157 Å². The molecule has 0 aliphatic heterocycles. The van der Waals surface area contributed by atoms with Gasteiger partial charge in [0.25, 0.3) is 11.8 Å². The van der Waals surface area contributed by atoms with Gasteiger partial charge in [0, 0.05) is 11.1 Å². The predicted octanol–water partition coefficient (Wildman–Crippen LogP) is 2.27. The van der Waals surface area contributed by atoms with Gasteiger partial charge < -0.3 is 29.7 Å². The van der Waals surface area contributed by atoms with Crippen LogP contribution in [0.3, 0.4) is 0 Å². The number of hydrogen-bond acceptors (Lipinski definition) is 6. The number of carbonyl (C=O) groups excluding carboxylic acids is 2. The predicted molar refractivity (Wildman–Crippen MR) is 98.3 cm³/mol. The molecular weight excluding hydrogens is 352 g/mol. The van der Waals surface area contributed by atoms with Gasteiger partial charge in [-0.2, -0.15) is 0 Å². The van der Waals surface area contributed by atoms with E-state index in [-0.39, 0.29) is 35.8 Å². The van der Waals surface area contributed by atoms with Crippen molar-refractivity contribution in [2.45, 2.75) is 26.8 Å². The third-order valence-electron chi connectivity index (χ3n) is 3.98. The maximum atomic E-state index is 12.7. The molecule has 0 spiro atoms. The highest BCUT2D eigenvalue weighted by Gasteiger charge is 2.21. The molecule has 2 amide bonds. The lowest BCUT2D eigenvalue weighted by Crippen LogP contribution is -2.27. The lowest BCUT2D eigenvalue weighted by molar-refractivity contribution is -0.120. The summed E-state index contributed by atoms with van der Waals surface area (Å²) >= 11 is 0. The molecule has 27 heavy (non-hydrogen) atoms. The molecule has 1 aromatic heterocycles. The number of carbonyl (C=O) groups is 2. The van der Waals surface area contributed by atoms with Gasteiger partial charge >= 0.3 is 0 Å². The standard InChI is InChI=1S/C19H24N2O6/c1-10-6-14(12(3)27-10)11(2)21-19(23)13-7-15(24-4)18(16(8-13)25-5)26-9-17(20)22/h6-8,11H,9H2,1-5H3,(H2,20,22)(H,21,23)/t11-/m0/s1. The Bertz CT molecular complexity index is 818. The van der Waals surface area contributed by atoms with Crippen LogP contribution in [-0.4, -0.2) is 32.6 Å². The van der Waals surface area contributed by atoms with Crippen LogP contribution in [0.5, 0.6) is 17.2 Å². The number of furan rings is 1.